The lowest BCUT2D eigenvalue weighted by atomic mass is 9.72. The lowest BCUT2D eigenvalue weighted by Gasteiger charge is -2.22. The zero-order valence-electron chi connectivity index (χ0n) is 13.5. The van der Waals surface area contributed by atoms with Crippen molar-refractivity contribution in [2.75, 3.05) is 18.5 Å². The molecule has 0 fully saturated rings. The van der Waals surface area contributed by atoms with Gasteiger partial charge in [-0.1, -0.05) is 18.2 Å². The van der Waals surface area contributed by atoms with Gasteiger partial charge in [0.05, 0.1) is 15.5 Å². The van der Waals surface area contributed by atoms with Crippen molar-refractivity contribution in [1.82, 2.24) is 0 Å². The molecule has 1 aliphatic carbocycles. The van der Waals surface area contributed by atoms with Crippen LogP contribution in [0.5, 0.6) is 5.75 Å². The van der Waals surface area contributed by atoms with Crippen molar-refractivity contribution in [1.29, 1.82) is 0 Å². The largest absolute Gasteiger partial charge is 0.490 e. The van der Waals surface area contributed by atoms with Crippen LogP contribution in [-0.2, 0) is 9.84 Å². The summed E-state index contributed by atoms with van der Waals surface area (Å²) in [7, 11) is 2.18. The molecule has 1 unspecified atom stereocenters. The molecule has 0 saturated carbocycles. The van der Waals surface area contributed by atoms with Gasteiger partial charge in [0, 0.05) is 12.0 Å². The summed E-state index contributed by atoms with van der Waals surface area (Å²) < 4.78 is 31.4. The van der Waals surface area contributed by atoms with Gasteiger partial charge in [0.1, 0.15) is 20.2 Å². The molecule has 4 nitrogen and oxygen atoms in total. The van der Waals surface area contributed by atoms with E-state index in [1.54, 1.807) is 42.5 Å². The van der Waals surface area contributed by atoms with E-state index < -0.39 is 15.3 Å². The van der Waals surface area contributed by atoms with Gasteiger partial charge >= 0.3 is 0 Å². The third-order valence-corrected chi connectivity index (χ3v) is 6.00. The maximum Gasteiger partial charge on any atom is 0.206 e. The van der Waals surface area contributed by atoms with Crippen LogP contribution in [0.2, 0.25) is 0 Å². The first kappa shape index (κ1) is 16.6. The number of hydrogen-bond donors (Lipinski definition) is 1. The second kappa shape index (κ2) is 6.02. The average Bonchev–Trinajstić information content (AvgIpc) is 2.78. The number of ether oxygens (including phenoxy) is 1. The number of rotatable bonds is 3. The van der Waals surface area contributed by atoms with Crippen molar-refractivity contribution >= 4 is 23.4 Å². The molecule has 1 aliphatic heterocycles. The number of allylic oxidation sites excluding steroid dienone is 6. The maximum atomic E-state index is 12.9. The first-order valence-electron chi connectivity index (χ1n) is 7.62. The second-order valence-corrected chi connectivity index (χ2v) is 7.96. The van der Waals surface area contributed by atoms with Crippen LogP contribution in [0.1, 0.15) is 6.92 Å². The van der Waals surface area contributed by atoms with Crippen molar-refractivity contribution in [3.63, 3.8) is 0 Å². The maximum absolute atomic E-state index is 12.9. The zero-order valence-corrected chi connectivity index (χ0v) is 14.3. The third-order valence-electron chi connectivity index (χ3n) is 4.24. The minimum atomic E-state index is -3.64. The van der Waals surface area contributed by atoms with Crippen molar-refractivity contribution in [3.8, 4) is 5.75 Å². The monoisotopic (exact) mass is 339 g/mol. The molecular weight excluding hydrogens is 321 g/mol. The summed E-state index contributed by atoms with van der Waals surface area (Å²) >= 11 is 0. The fourth-order valence-corrected chi connectivity index (χ4v) is 3.82. The molecule has 1 atom stereocenters. The molecule has 0 spiro atoms. The first-order valence-corrected chi connectivity index (χ1v) is 9.11. The van der Waals surface area contributed by atoms with E-state index in [-0.39, 0.29) is 9.80 Å². The van der Waals surface area contributed by atoms with E-state index >= 15 is 0 Å². The molecule has 0 saturated heterocycles. The van der Waals surface area contributed by atoms with Crippen LogP contribution in [0, 0.1) is 5.41 Å². The van der Waals surface area contributed by atoms with Gasteiger partial charge in [-0.15, -0.1) is 12.1 Å². The van der Waals surface area contributed by atoms with Crippen LogP contribution in [0.25, 0.3) is 0 Å². The van der Waals surface area contributed by atoms with Crippen LogP contribution in [0.4, 0.5) is 5.69 Å². The summed E-state index contributed by atoms with van der Waals surface area (Å²) in [4.78, 5) is 0.430. The Labute approximate surface area is 143 Å². The van der Waals surface area contributed by atoms with E-state index in [4.69, 9.17) is 12.6 Å². The minimum Gasteiger partial charge on any atom is -0.490 e. The Morgan fingerprint density at radius 1 is 1.38 bits per heavy atom. The summed E-state index contributed by atoms with van der Waals surface area (Å²) in [6.45, 7) is 6.87. The molecule has 1 aromatic rings. The number of hydrogen-bond acceptors (Lipinski definition) is 4. The number of nitrogens with one attached hydrogen (secondary N) is 1. The third kappa shape index (κ3) is 2.94. The van der Waals surface area contributed by atoms with Crippen LogP contribution in [-0.4, -0.2) is 29.4 Å². The summed E-state index contributed by atoms with van der Waals surface area (Å²) in [5.41, 5.74) is 0.576. The number of sulfone groups is 1. The molecule has 0 bridgehead atoms. The number of fused-ring (bicyclic) bond motifs is 1. The molecule has 1 heterocycles. The zero-order chi connectivity index (χ0) is 17.4. The quantitative estimate of drug-likeness (QED) is 0.861. The Morgan fingerprint density at radius 2 is 2.17 bits per heavy atom. The summed E-state index contributed by atoms with van der Waals surface area (Å²) in [6.07, 6.45) is 8.43. The highest BCUT2D eigenvalue weighted by Gasteiger charge is 2.24. The van der Waals surface area contributed by atoms with Crippen LogP contribution in [0.3, 0.4) is 0 Å². The van der Waals surface area contributed by atoms with Gasteiger partial charge in [-0.05, 0) is 37.3 Å². The fraction of sp³-hybridized carbons (Fsp3) is 0.222. The van der Waals surface area contributed by atoms with Crippen molar-refractivity contribution < 1.29 is 13.2 Å². The first-order chi connectivity index (χ1) is 11.3. The van der Waals surface area contributed by atoms with Crippen LogP contribution < -0.4 is 10.1 Å². The van der Waals surface area contributed by atoms with Gasteiger partial charge in [-0.2, -0.15) is 0 Å². The minimum absolute atomic E-state index is 0.209. The van der Waals surface area contributed by atoms with Gasteiger partial charge in [-0.3, -0.25) is 0 Å². The summed E-state index contributed by atoms with van der Waals surface area (Å²) in [5, 5.41) is 3.15. The molecule has 6 heteroatoms. The number of benzene rings is 1. The molecule has 0 aromatic heterocycles. The fourth-order valence-electron chi connectivity index (χ4n) is 2.53. The van der Waals surface area contributed by atoms with Gasteiger partial charge in [0.25, 0.3) is 0 Å². The van der Waals surface area contributed by atoms with Crippen LogP contribution >= 0.6 is 0 Å². The molecule has 2 radical (unpaired) electrons. The van der Waals surface area contributed by atoms with E-state index in [1.807, 2.05) is 13.0 Å². The highest BCUT2D eigenvalue weighted by atomic mass is 32.2. The molecular formula is C18H18BNO3S. The Kier molecular flexibility index (Phi) is 4.17. The van der Waals surface area contributed by atoms with Gasteiger partial charge in [0.2, 0.25) is 9.84 Å². The normalized spacial score (nSPS) is 22.6. The molecule has 0 amide bonds. The van der Waals surface area contributed by atoms with E-state index in [0.717, 1.165) is 0 Å². The summed E-state index contributed by atoms with van der Waals surface area (Å²) in [5.74, 6) is 0.664. The molecule has 24 heavy (non-hydrogen) atoms. The Balaban J connectivity index is 1.98. The molecule has 3 rings (SSSR count). The van der Waals surface area contributed by atoms with Crippen molar-refractivity contribution in [3.05, 3.63) is 65.5 Å². The smallest absolute Gasteiger partial charge is 0.206 e. The van der Waals surface area contributed by atoms with Gasteiger partial charge in [0.15, 0.2) is 0 Å². The van der Waals surface area contributed by atoms with Crippen molar-refractivity contribution in [2.24, 2.45) is 5.41 Å². The topological polar surface area (TPSA) is 55.4 Å². The predicted molar refractivity (Wildman–Crippen MR) is 97.0 cm³/mol. The highest BCUT2D eigenvalue weighted by molar-refractivity contribution is 7.95. The van der Waals surface area contributed by atoms with Gasteiger partial charge < -0.3 is 10.1 Å². The SMILES string of the molecule is [B]C(=C)C1(C)C=CC=C(S(=O)(=O)c2ccc3c(c2)NCCO3)C=C1. The standard InChI is InChI=1S/C18H18BNO3S/c1-13(19)18(2)8-3-4-14(7-9-18)24(21,22)15-5-6-17-16(12-15)20-10-11-23-17/h3-9,12,20H,1,10-11H2,2H3. The Bertz CT molecular complexity index is 884. The average molecular weight is 339 g/mol. The Morgan fingerprint density at radius 3 is 2.92 bits per heavy atom. The second-order valence-electron chi connectivity index (χ2n) is 6.01. The predicted octanol–water partition coefficient (Wildman–Crippen LogP) is 2.96. The van der Waals surface area contributed by atoms with E-state index in [2.05, 4.69) is 11.9 Å². The van der Waals surface area contributed by atoms with E-state index in [0.29, 0.717) is 30.1 Å². The Hall–Kier alpha value is -2.21. The lowest BCUT2D eigenvalue weighted by molar-refractivity contribution is 0.323. The molecule has 2 aliphatic rings. The molecule has 1 aromatic carbocycles. The van der Waals surface area contributed by atoms with Crippen LogP contribution in [0.15, 0.2) is 70.4 Å². The highest BCUT2D eigenvalue weighted by Crippen LogP contribution is 2.34. The van der Waals surface area contributed by atoms with E-state index in [1.165, 1.54) is 0 Å². The lowest BCUT2D eigenvalue weighted by Crippen LogP contribution is -2.18. The molecule has 1 N–H and O–H groups in total. The summed E-state index contributed by atoms with van der Waals surface area (Å²) in [6, 6.07) is 4.84. The van der Waals surface area contributed by atoms with Crippen molar-refractivity contribution in [2.45, 2.75) is 11.8 Å². The molecule has 122 valence electrons. The van der Waals surface area contributed by atoms with E-state index in [9.17, 15) is 8.42 Å². The number of anilines is 1. The van der Waals surface area contributed by atoms with Gasteiger partial charge in [-0.25, -0.2) is 8.42 Å².